The number of pyridine rings is 1. The number of hydrogen-bond donors (Lipinski definition) is 4. The molecule has 0 fully saturated rings. The number of urea groups is 1. The molecule has 0 saturated carbocycles. The van der Waals surface area contributed by atoms with E-state index in [9.17, 15) is 31.9 Å². The fraction of sp³-hybridized carbons (Fsp3) is 0.0370. The minimum Gasteiger partial charge on any atom is -0.478 e. The van der Waals surface area contributed by atoms with E-state index in [1.54, 1.807) is 30.3 Å². The van der Waals surface area contributed by atoms with Gasteiger partial charge >= 0.3 is 18.2 Å². The number of anilines is 2. The van der Waals surface area contributed by atoms with Crippen LogP contribution in [0.4, 0.5) is 33.7 Å². The molecule has 0 aliphatic rings. The number of carboxylic acids is 1. The van der Waals surface area contributed by atoms with Gasteiger partial charge in [-0.25, -0.2) is 14.0 Å². The number of alkyl halides is 3. The highest BCUT2D eigenvalue weighted by molar-refractivity contribution is 6.31. The molecule has 1 aromatic heterocycles. The number of ether oxygens (including phenoxy) is 1. The minimum absolute atomic E-state index is 0.0441. The number of carbonyl (C=O) groups excluding carboxylic acids is 2. The van der Waals surface area contributed by atoms with Crippen LogP contribution in [0.1, 0.15) is 26.4 Å². The molecule has 9 nitrogen and oxygen atoms in total. The van der Waals surface area contributed by atoms with E-state index in [4.69, 9.17) is 27.2 Å². The lowest BCUT2D eigenvalue weighted by molar-refractivity contribution is -0.137. The molecule has 4 rings (SSSR count). The zero-order valence-electron chi connectivity index (χ0n) is 20.6. The Labute approximate surface area is 234 Å². The molecule has 0 atom stereocenters. The van der Waals surface area contributed by atoms with Gasteiger partial charge in [-0.1, -0.05) is 29.8 Å². The molecule has 0 spiro atoms. The molecule has 3 aromatic carbocycles. The summed E-state index contributed by atoms with van der Waals surface area (Å²) in [5, 5.41) is 12.2. The van der Waals surface area contributed by atoms with Gasteiger partial charge < -0.3 is 26.2 Å². The number of primary amides is 1. The van der Waals surface area contributed by atoms with Gasteiger partial charge in [-0.2, -0.15) is 13.2 Å². The standard InChI is InChI=1S/C20H13ClF4N4O3.C7H6O2/c21-14-3-1-10(7-13(14)20(23,24)25)28-19(31)29-16-4-2-11(8-15(16)22)32-12-5-6-27-17(9-12)18(26)30;8-7(9)6-4-2-1-3-5-6/h1-9H,(H2,26,30)(H2,28,29,31);1-5H,(H,8,9). The molecule has 3 amide bonds. The highest BCUT2D eigenvalue weighted by atomic mass is 35.5. The largest absolute Gasteiger partial charge is 0.478 e. The van der Waals surface area contributed by atoms with Crippen LogP contribution >= 0.6 is 11.6 Å². The predicted molar refractivity (Wildman–Crippen MR) is 142 cm³/mol. The molecule has 5 N–H and O–H groups in total. The third kappa shape index (κ3) is 8.93. The van der Waals surface area contributed by atoms with E-state index in [-0.39, 0.29) is 28.6 Å². The van der Waals surface area contributed by atoms with Crippen molar-refractivity contribution in [1.82, 2.24) is 4.98 Å². The Hall–Kier alpha value is -5.17. The molecule has 0 saturated heterocycles. The first-order chi connectivity index (χ1) is 19.3. The van der Waals surface area contributed by atoms with Crippen molar-refractivity contribution >= 4 is 40.9 Å². The summed E-state index contributed by atoms with van der Waals surface area (Å²) < 4.78 is 58.5. The fourth-order valence-corrected chi connectivity index (χ4v) is 3.32. The summed E-state index contributed by atoms with van der Waals surface area (Å²) >= 11 is 5.53. The molecule has 0 bridgehead atoms. The van der Waals surface area contributed by atoms with Crippen molar-refractivity contribution in [1.29, 1.82) is 0 Å². The molecule has 0 aliphatic heterocycles. The zero-order valence-corrected chi connectivity index (χ0v) is 21.3. The Morgan fingerprint density at radius 1 is 0.902 bits per heavy atom. The number of rotatable bonds is 6. The summed E-state index contributed by atoms with van der Waals surface area (Å²) in [5.74, 6) is -2.31. The van der Waals surface area contributed by atoms with Crippen LogP contribution in [0.3, 0.4) is 0 Å². The first-order valence-corrected chi connectivity index (χ1v) is 11.7. The van der Waals surface area contributed by atoms with Crippen molar-refractivity contribution < 1.29 is 41.8 Å². The topological polar surface area (TPSA) is 144 Å². The molecule has 4 aromatic rings. The van der Waals surface area contributed by atoms with Gasteiger partial charge in [-0.05, 0) is 48.5 Å². The van der Waals surface area contributed by atoms with E-state index in [2.05, 4.69) is 15.6 Å². The average molecular weight is 591 g/mol. The number of amides is 3. The summed E-state index contributed by atoms with van der Waals surface area (Å²) in [6.07, 6.45) is -3.42. The normalized spacial score (nSPS) is 10.6. The van der Waals surface area contributed by atoms with E-state index in [1.807, 2.05) is 0 Å². The van der Waals surface area contributed by atoms with Gasteiger partial charge in [0.2, 0.25) is 0 Å². The summed E-state index contributed by atoms with van der Waals surface area (Å²) in [6.45, 7) is 0. The predicted octanol–water partition coefficient (Wildman–Crippen LogP) is 6.81. The van der Waals surface area contributed by atoms with Crippen LogP contribution < -0.4 is 21.1 Å². The SMILES string of the molecule is NC(=O)c1cc(Oc2ccc(NC(=O)Nc3ccc(Cl)c(C(F)(F)F)c3)c(F)c2)ccn1.O=C(O)c1ccccc1. The minimum atomic E-state index is -4.71. The average Bonchev–Trinajstić information content (AvgIpc) is 2.91. The zero-order chi connectivity index (χ0) is 30.2. The van der Waals surface area contributed by atoms with Crippen LogP contribution in [-0.2, 0) is 6.18 Å². The maximum Gasteiger partial charge on any atom is 0.417 e. The monoisotopic (exact) mass is 590 g/mol. The van der Waals surface area contributed by atoms with E-state index in [1.165, 1.54) is 36.5 Å². The highest BCUT2D eigenvalue weighted by Gasteiger charge is 2.33. The number of nitrogens with one attached hydrogen (secondary N) is 2. The smallest absolute Gasteiger partial charge is 0.417 e. The number of nitrogens with two attached hydrogens (primary N) is 1. The Kier molecular flexibility index (Phi) is 9.82. The third-order valence-corrected chi connectivity index (χ3v) is 5.29. The van der Waals surface area contributed by atoms with Crippen LogP contribution in [0, 0.1) is 5.82 Å². The van der Waals surface area contributed by atoms with Gasteiger partial charge in [0.25, 0.3) is 5.91 Å². The summed E-state index contributed by atoms with van der Waals surface area (Å²) in [5.41, 5.74) is 3.84. The highest BCUT2D eigenvalue weighted by Crippen LogP contribution is 2.36. The van der Waals surface area contributed by atoms with Crippen molar-refractivity contribution in [2.75, 3.05) is 10.6 Å². The summed E-state index contributed by atoms with van der Waals surface area (Å²) in [7, 11) is 0. The van der Waals surface area contributed by atoms with Crippen molar-refractivity contribution in [2.45, 2.75) is 6.18 Å². The third-order valence-electron chi connectivity index (χ3n) is 4.96. The van der Waals surface area contributed by atoms with E-state index < -0.39 is 40.5 Å². The fourth-order valence-electron chi connectivity index (χ4n) is 3.09. The molecule has 41 heavy (non-hydrogen) atoms. The first-order valence-electron chi connectivity index (χ1n) is 11.3. The van der Waals surface area contributed by atoms with Gasteiger partial charge in [0.1, 0.15) is 23.0 Å². The van der Waals surface area contributed by atoms with E-state index in [0.29, 0.717) is 11.6 Å². The molecular weight excluding hydrogens is 572 g/mol. The second-order valence-electron chi connectivity index (χ2n) is 7.93. The van der Waals surface area contributed by atoms with Crippen molar-refractivity contribution in [3.05, 3.63) is 113 Å². The van der Waals surface area contributed by atoms with Crippen molar-refractivity contribution in [3.8, 4) is 11.5 Å². The lowest BCUT2D eigenvalue weighted by Gasteiger charge is -2.13. The summed E-state index contributed by atoms with van der Waals surface area (Å²) in [6, 6.07) is 16.3. The molecule has 0 radical (unpaired) electrons. The Balaban J connectivity index is 0.000000436. The van der Waals surface area contributed by atoms with Gasteiger partial charge in [0.05, 0.1) is 21.8 Å². The quantitative estimate of drug-likeness (QED) is 0.182. The van der Waals surface area contributed by atoms with E-state index in [0.717, 1.165) is 12.1 Å². The van der Waals surface area contributed by atoms with E-state index >= 15 is 0 Å². The number of carboxylic acid groups (broad SMARTS) is 1. The van der Waals surface area contributed by atoms with Crippen LogP contribution in [-0.4, -0.2) is 28.0 Å². The molecule has 1 heterocycles. The van der Waals surface area contributed by atoms with Crippen molar-refractivity contribution in [2.24, 2.45) is 5.73 Å². The lowest BCUT2D eigenvalue weighted by Crippen LogP contribution is -2.20. The molecule has 0 unspecified atom stereocenters. The maximum absolute atomic E-state index is 14.4. The number of halogens is 5. The number of nitrogens with zero attached hydrogens (tertiary/aromatic N) is 1. The van der Waals surface area contributed by atoms with Crippen LogP contribution in [0.5, 0.6) is 11.5 Å². The van der Waals surface area contributed by atoms with Gasteiger partial charge in [0, 0.05) is 24.0 Å². The van der Waals surface area contributed by atoms with Gasteiger partial charge in [-0.15, -0.1) is 0 Å². The molecule has 0 aliphatic carbocycles. The number of hydrogen-bond acceptors (Lipinski definition) is 5. The lowest BCUT2D eigenvalue weighted by atomic mass is 10.2. The first kappa shape index (κ1) is 30.4. The Bertz CT molecular complexity index is 1570. The second kappa shape index (κ2) is 13.3. The maximum atomic E-state index is 14.4. The van der Waals surface area contributed by atoms with Gasteiger partial charge in [-0.3, -0.25) is 9.78 Å². The molecular formula is C27H19ClF4N4O5. The van der Waals surface area contributed by atoms with Crippen LogP contribution in [0.15, 0.2) is 85.1 Å². The van der Waals surface area contributed by atoms with Crippen LogP contribution in [0.2, 0.25) is 5.02 Å². The number of aromatic carboxylic acids is 1. The van der Waals surface area contributed by atoms with Crippen molar-refractivity contribution in [3.63, 3.8) is 0 Å². The number of aromatic nitrogens is 1. The number of carbonyl (C=O) groups is 3. The van der Waals surface area contributed by atoms with Crippen LogP contribution in [0.25, 0.3) is 0 Å². The molecule has 212 valence electrons. The Morgan fingerprint density at radius 2 is 1.59 bits per heavy atom. The second-order valence-corrected chi connectivity index (χ2v) is 8.33. The Morgan fingerprint density at radius 3 is 2.17 bits per heavy atom. The number of benzene rings is 3. The summed E-state index contributed by atoms with van der Waals surface area (Å²) in [4.78, 5) is 37.2. The van der Waals surface area contributed by atoms with Gasteiger partial charge in [0.15, 0.2) is 0 Å². The molecule has 14 heteroatoms.